The van der Waals surface area contributed by atoms with Gasteiger partial charge in [-0.05, 0) is 31.2 Å². The van der Waals surface area contributed by atoms with Crippen LogP contribution in [0.25, 0.3) is 17.2 Å². The summed E-state index contributed by atoms with van der Waals surface area (Å²) in [5.41, 5.74) is 3.52. The molecule has 0 spiro atoms. The van der Waals surface area contributed by atoms with E-state index in [2.05, 4.69) is 25.2 Å². The molecule has 2 aromatic heterocycles. The van der Waals surface area contributed by atoms with Gasteiger partial charge in [-0.1, -0.05) is 0 Å². The number of hydrogen-bond donors (Lipinski definition) is 2. The first-order valence-corrected chi connectivity index (χ1v) is 8.95. The zero-order chi connectivity index (χ0) is 18.6. The smallest absolute Gasteiger partial charge is 0.238 e. The normalized spacial score (nSPS) is 15.0. The molecule has 8 nitrogen and oxygen atoms in total. The molecule has 2 N–H and O–H groups in total. The van der Waals surface area contributed by atoms with Crippen LogP contribution in [0.4, 0.5) is 5.69 Å². The van der Waals surface area contributed by atoms with Gasteiger partial charge < -0.3 is 15.0 Å². The molecule has 140 valence electrons. The van der Waals surface area contributed by atoms with Crippen LogP contribution in [0, 0.1) is 6.92 Å². The summed E-state index contributed by atoms with van der Waals surface area (Å²) >= 11 is 0. The van der Waals surface area contributed by atoms with Gasteiger partial charge in [-0.15, -0.1) is 0 Å². The van der Waals surface area contributed by atoms with Crippen molar-refractivity contribution in [1.82, 2.24) is 24.4 Å². The van der Waals surface area contributed by atoms with Crippen LogP contribution < -0.4 is 5.32 Å². The van der Waals surface area contributed by atoms with Crippen molar-refractivity contribution in [2.45, 2.75) is 6.92 Å². The summed E-state index contributed by atoms with van der Waals surface area (Å²) in [5, 5.41) is 2.95. The molecule has 3 aromatic rings. The molecule has 8 heteroatoms. The predicted octanol–water partition coefficient (Wildman–Crippen LogP) is 1.84. The molecule has 1 aliphatic rings. The number of hydrogen-bond acceptors (Lipinski definition) is 5. The van der Waals surface area contributed by atoms with Crippen molar-refractivity contribution in [3.05, 3.63) is 48.7 Å². The minimum Gasteiger partial charge on any atom is -0.379 e. The highest BCUT2D eigenvalue weighted by molar-refractivity contribution is 5.92. The molecule has 0 bridgehead atoms. The number of benzene rings is 1. The summed E-state index contributed by atoms with van der Waals surface area (Å²) in [6.07, 6.45) is 5.31. The Labute approximate surface area is 157 Å². The number of carbonyl (C=O) groups is 1. The minimum absolute atomic E-state index is 0.0138. The third-order valence-electron chi connectivity index (χ3n) is 4.58. The Hall–Kier alpha value is -2.97. The lowest BCUT2D eigenvalue weighted by molar-refractivity contribution is -0.118. The van der Waals surface area contributed by atoms with E-state index in [-0.39, 0.29) is 5.91 Å². The maximum Gasteiger partial charge on any atom is 0.238 e. The SMILES string of the molecule is Cc1[nH]cnc1-c1nccn1-c1ccc(NC(=O)CN2CCOCC2)cc1. The number of rotatable bonds is 5. The number of nitrogens with zero attached hydrogens (tertiary/aromatic N) is 4. The number of H-pyrrole nitrogens is 1. The molecule has 4 rings (SSSR count). The monoisotopic (exact) mass is 366 g/mol. The van der Waals surface area contributed by atoms with Crippen LogP contribution in [0.1, 0.15) is 5.69 Å². The Morgan fingerprint density at radius 1 is 1.22 bits per heavy atom. The van der Waals surface area contributed by atoms with Crippen molar-refractivity contribution in [3.8, 4) is 17.2 Å². The fourth-order valence-corrected chi connectivity index (χ4v) is 3.14. The first kappa shape index (κ1) is 17.4. The zero-order valence-corrected chi connectivity index (χ0v) is 15.2. The second-order valence-electron chi connectivity index (χ2n) is 6.48. The lowest BCUT2D eigenvalue weighted by Gasteiger charge is -2.25. The molecule has 0 atom stereocenters. The number of aryl methyl sites for hydroxylation is 1. The van der Waals surface area contributed by atoms with Gasteiger partial charge in [0.15, 0.2) is 5.82 Å². The van der Waals surface area contributed by atoms with Gasteiger partial charge in [-0.3, -0.25) is 14.3 Å². The van der Waals surface area contributed by atoms with Crippen molar-refractivity contribution in [1.29, 1.82) is 0 Å². The molecule has 1 amide bonds. The van der Waals surface area contributed by atoms with Crippen LogP contribution in [-0.4, -0.2) is 63.2 Å². The zero-order valence-electron chi connectivity index (χ0n) is 15.2. The van der Waals surface area contributed by atoms with E-state index in [1.54, 1.807) is 12.5 Å². The van der Waals surface area contributed by atoms with Gasteiger partial charge in [0.05, 0.1) is 26.1 Å². The molecule has 0 aliphatic carbocycles. The van der Waals surface area contributed by atoms with Gasteiger partial charge in [0.2, 0.25) is 5.91 Å². The number of anilines is 1. The van der Waals surface area contributed by atoms with Crippen molar-refractivity contribution in [3.63, 3.8) is 0 Å². The molecular formula is C19H22N6O2. The van der Waals surface area contributed by atoms with E-state index in [9.17, 15) is 4.79 Å². The molecule has 1 aromatic carbocycles. The molecule has 0 radical (unpaired) electrons. The molecule has 3 heterocycles. The summed E-state index contributed by atoms with van der Waals surface area (Å²) in [6, 6.07) is 7.70. The van der Waals surface area contributed by atoms with Gasteiger partial charge >= 0.3 is 0 Å². The summed E-state index contributed by atoms with van der Waals surface area (Å²) < 4.78 is 7.28. The van der Waals surface area contributed by atoms with Crippen molar-refractivity contribution >= 4 is 11.6 Å². The fraction of sp³-hybridized carbons (Fsp3) is 0.316. The quantitative estimate of drug-likeness (QED) is 0.719. The number of morpholine rings is 1. The van der Waals surface area contributed by atoms with Gasteiger partial charge in [0, 0.05) is 42.6 Å². The van der Waals surface area contributed by atoms with Gasteiger partial charge in [-0.25, -0.2) is 9.97 Å². The van der Waals surface area contributed by atoms with Gasteiger partial charge in [0.25, 0.3) is 0 Å². The van der Waals surface area contributed by atoms with Crippen LogP contribution in [0.5, 0.6) is 0 Å². The molecule has 27 heavy (non-hydrogen) atoms. The summed E-state index contributed by atoms with van der Waals surface area (Å²) in [7, 11) is 0. The standard InChI is InChI=1S/C19H22N6O2/c1-14-18(22-13-21-14)19-20-6-7-25(19)16-4-2-15(3-5-16)23-17(26)12-24-8-10-27-11-9-24/h2-7,13H,8-12H2,1H3,(H,21,22)(H,23,26). The second kappa shape index (κ2) is 7.73. The summed E-state index contributed by atoms with van der Waals surface area (Å²) in [4.78, 5) is 26.2. The Bertz CT molecular complexity index is 908. The van der Waals surface area contributed by atoms with E-state index in [0.29, 0.717) is 19.8 Å². The maximum atomic E-state index is 12.2. The molecule has 1 fully saturated rings. The van der Waals surface area contributed by atoms with Crippen molar-refractivity contribution < 1.29 is 9.53 Å². The van der Waals surface area contributed by atoms with Crippen LogP contribution in [0.15, 0.2) is 43.0 Å². The van der Waals surface area contributed by atoms with E-state index in [4.69, 9.17) is 4.74 Å². The Morgan fingerprint density at radius 3 is 2.70 bits per heavy atom. The second-order valence-corrected chi connectivity index (χ2v) is 6.48. The number of nitrogens with one attached hydrogen (secondary N) is 2. The van der Waals surface area contributed by atoms with Gasteiger partial charge in [0.1, 0.15) is 5.69 Å². The first-order valence-electron chi connectivity index (χ1n) is 8.95. The Balaban J connectivity index is 1.45. The number of aromatic amines is 1. The number of carbonyl (C=O) groups excluding carboxylic acids is 1. The van der Waals surface area contributed by atoms with E-state index < -0.39 is 0 Å². The number of amides is 1. The van der Waals surface area contributed by atoms with Crippen molar-refractivity contribution in [2.75, 3.05) is 38.2 Å². The van der Waals surface area contributed by atoms with Crippen LogP contribution in [-0.2, 0) is 9.53 Å². The molecule has 0 unspecified atom stereocenters. The largest absolute Gasteiger partial charge is 0.379 e. The van der Waals surface area contributed by atoms with Crippen LogP contribution in [0.3, 0.4) is 0 Å². The lowest BCUT2D eigenvalue weighted by Crippen LogP contribution is -2.41. The molecular weight excluding hydrogens is 344 g/mol. The van der Waals surface area contributed by atoms with Crippen molar-refractivity contribution in [2.24, 2.45) is 0 Å². The molecule has 1 saturated heterocycles. The summed E-state index contributed by atoms with van der Waals surface area (Å²) in [5.74, 6) is 0.762. The minimum atomic E-state index is -0.0138. The third-order valence-corrected chi connectivity index (χ3v) is 4.58. The maximum absolute atomic E-state index is 12.2. The molecule has 0 saturated carbocycles. The fourth-order valence-electron chi connectivity index (χ4n) is 3.14. The highest BCUT2D eigenvalue weighted by Crippen LogP contribution is 2.22. The van der Waals surface area contributed by atoms with Crippen LogP contribution >= 0.6 is 0 Å². The number of aromatic nitrogens is 4. The predicted molar refractivity (Wildman–Crippen MR) is 102 cm³/mol. The van der Waals surface area contributed by atoms with Gasteiger partial charge in [-0.2, -0.15) is 0 Å². The average molecular weight is 366 g/mol. The van der Waals surface area contributed by atoms with E-state index in [1.165, 1.54) is 0 Å². The molecule has 1 aliphatic heterocycles. The highest BCUT2D eigenvalue weighted by Gasteiger charge is 2.15. The number of imidazole rings is 2. The first-order chi connectivity index (χ1) is 13.2. The highest BCUT2D eigenvalue weighted by atomic mass is 16.5. The third kappa shape index (κ3) is 3.91. The van der Waals surface area contributed by atoms with E-state index >= 15 is 0 Å². The topological polar surface area (TPSA) is 88.1 Å². The Morgan fingerprint density at radius 2 is 2.00 bits per heavy atom. The average Bonchev–Trinajstić information content (AvgIpc) is 3.31. The Kier molecular flexibility index (Phi) is 4.99. The number of ether oxygens (including phenoxy) is 1. The van der Waals surface area contributed by atoms with E-state index in [1.807, 2.05) is 42.0 Å². The lowest BCUT2D eigenvalue weighted by atomic mass is 10.2. The van der Waals surface area contributed by atoms with E-state index in [0.717, 1.165) is 41.7 Å². The van der Waals surface area contributed by atoms with Crippen LogP contribution in [0.2, 0.25) is 0 Å². The summed E-state index contributed by atoms with van der Waals surface area (Å²) in [6.45, 7) is 5.31.